The van der Waals surface area contributed by atoms with Gasteiger partial charge in [0.1, 0.15) is 6.04 Å². The number of carbonyl (C=O) groups is 1. The number of rotatable bonds is 3. The lowest BCUT2D eigenvalue weighted by Gasteiger charge is -2.19. The molecule has 0 aromatic carbocycles. The zero-order valence-electron chi connectivity index (χ0n) is 7.43. The van der Waals surface area contributed by atoms with E-state index in [9.17, 15) is 13.2 Å². The van der Waals surface area contributed by atoms with Gasteiger partial charge in [-0.05, 0) is 19.8 Å². The molecule has 0 saturated carbocycles. The van der Waals surface area contributed by atoms with Crippen LogP contribution in [0.4, 0.5) is 0 Å². The predicted octanol–water partition coefficient (Wildman–Crippen LogP) is -0.115. The summed E-state index contributed by atoms with van der Waals surface area (Å²) in [6, 6.07) is -0.843. The first-order valence-corrected chi connectivity index (χ1v) is 5.82. The Balaban J connectivity index is 2.86. The van der Waals surface area contributed by atoms with Crippen molar-refractivity contribution in [1.29, 1.82) is 0 Å². The zero-order valence-corrected chi connectivity index (χ0v) is 8.25. The third-order valence-electron chi connectivity index (χ3n) is 2.21. The molecule has 0 aliphatic carbocycles. The number of sulfonamides is 1. The van der Waals surface area contributed by atoms with Crippen molar-refractivity contribution in [3.63, 3.8) is 0 Å². The Morgan fingerprint density at radius 2 is 2.23 bits per heavy atom. The Labute approximate surface area is 77.4 Å². The van der Waals surface area contributed by atoms with E-state index in [1.807, 2.05) is 0 Å². The lowest BCUT2D eigenvalue weighted by molar-refractivity contribution is -0.140. The third kappa shape index (κ3) is 2.00. The van der Waals surface area contributed by atoms with E-state index in [1.165, 1.54) is 6.92 Å². The van der Waals surface area contributed by atoms with E-state index < -0.39 is 22.0 Å². The molecule has 1 rings (SSSR count). The first-order valence-electron chi connectivity index (χ1n) is 4.21. The summed E-state index contributed by atoms with van der Waals surface area (Å²) in [5.74, 6) is -1.08. The Hall–Kier alpha value is -0.620. The highest BCUT2D eigenvalue weighted by Crippen LogP contribution is 2.21. The SMILES string of the molecule is CCS(=O)(=O)N1CCC[C@H]1C(=O)O. The number of nitrogens with zero attached hydrogens (tertiary/aromatic N) is 1. The molecule has 0 spiro atoms. The molecule has 1 fully saturated rings. The molecule has 0 amide bonds. The van der Waals surface area contributed by atoms with Gasteiger partial charge in [0.2, 0.25) is 10.0 Å². The van der Waals surface area contributed by atoms with Gasteiger partial charge >= 0.3 is 5.97 Å². The maximum absolute atomic E-state index is 11.4. The van der Waals surface area contributed by atoms with Gasteiger partial charge in [0, 0.05) is 6.54 Å². The van der Waals surface area contributed by atoms with Crippen molar-refractivity contribution < 1.29 is 18.3 Å². The first kappa shape index (κ1) is 10.5. The molecule has 1 aliphatic rings. The average Bonchev–Trinajstić information content (AvgIpc) is 2.52. The summed E-state index contributed by atoms with van der Waals surface area (Å²) in [4.78, 5) is 10.7. The summed E-state index contributed by atoms with van der Waals surface area (Å²) in [6.45, 7) is 1.86. The predicted molar refractivity (Wildman–Crippen MR) is 46.8 cm³/mol. The molecular weight excluding hydrogens is 194 g/mol. The van der Waals surface area contributed by atoms with E-state index in [2.05, 4.69) is 0 Å². The van der Waals surface area contributed by atoms with Crippen LogP contribution >= 0.6 is 0 Å². The number of hydrogen-bond acceptors (Lipinski definition) is 3. The number of aliphatic carboxylic acids is 1. The largest absolute Gasteiger partial charge is 0.480 e. The molecule has 1 heterocycles. The van der Waals surface area contributed by atoms with E-state index >= 15 is 0 Å². The van der Waals surface area contributed by atoms with Crippen LogP contribution in [0, 0.1) is 0 Å². The van der Waals surface area contributed by atoms with Crippen LogP contribution < -0.4 is 0 Å². The van der Waals surface area contributed by atoms with Crippen molar-refractivity contribution in [2.45, 2.75) is 25.8 Å². The van der Waals surface area contributed by atoms with Crippen LogP contribution in [0.5, 0.6) is 0 Å². The molecule has 1 aliphatic heterocycles. The van der Waals surface area contributed by atoms with Gasteiger partial charge < -0.3 is 5.11 Å². The molecule has 0 radical (unpaired) electrons. The van der Waals surface area contributed by atoms with Crippen molar-refractivity contribution >= 4 is 16.0 Å². The fourth-order valence-corrected chi connectivity index (χ4v) is 2.81. The summed E-state index contributed by atoms with van der Waals surface area (Å²) in [5.41, 5.74) is 0. The molecule has 0 aromatic heterocycles. The minimum absolute atomic E-state index is 0.0310. The molecule has 1 atom stereocenters. The van der Waals surface area contributed by atoms with E-state index in [0.717, 1.165) is 4.31 Å². The smallest absolute Gasteiger partial charge is 0.322 e. The Kier molecular flexibility index (Phi) is 2.92. The van der Waals surface area contributed by atoms with Crippen molar-refractivity contribution in [1.82, 2.24) is 4.31 Å². The molecule has 1 N–H and O–H groups in total. The van der Waals surface area contributed by atoms with E-state index in [1.54, 1.807) is 0 Å². The van der Waals surface area contributed by atoms with Gasteiger partial charge in [0.15, 0.2) is 0 Å². The van der Waals surface area contributed by atoms with Gasteiger partial charge in [-0.15, -0.1) is 0 Å². The first-order chi connectivity index (χ1) is 5.99. The highest BCUT2D eigenvalue weighted by molar-refractivity contribution is 7.89. The molecule has 76 valence electrons. The zero-order chi connectivity index (χ0) is 10.1. The van der Waals surface area contributed by atoms with Crippen LogP contribution in [0.1, 0.15) is 19.8 Å². The number of hydrogen-bond donors (Lipinski definition) is 1. The molecule has 0 aromatic rings. The minimum atomic E-state index is -3.34. The molecular formula is C7H13NO4S. The van der Waals surface area contributed by atoms with Gasteiger partial charge in [-0.1, -0.05) is 0 Å². The molecule has 0 unspecified atom stereocenters. The van der Waals surface area contributed by atoms with Crippen molar-refractivity contribution in [2.75, 3.05) is 12.3 Å². The van der Waals surface area contributed by atoms with E-state index in [0.29, 0.717) is 19.4 Å². The second-order valence-corrected chi connectivity index (χ2v) is 5.22. The quantitative estimate of drug-likeness (QED) is 0.700. The topological polar surface area (TPSA) is 74.7 Å². The van der Waals surface area contributed by atoms with Crippen LogP contribution in [-0.2, 0) is 14.8 Å². The van der Waals surface area contributed by atoms with Gasteiger partial charge in [-0.25, -0.2) is 8.42 Å². The monoisotopic (exact) mass is 207 g/mol. The van der Waals surface area contributed by atoms with Gasteiger partial charge in [0.05, 0.1) is 5.75 Å². The Morgan fingerprint density at radius 3 is 2.69 bits per heavy atom. The van der Waals surface area contributed by atoms with Crippen molar-refractivity contribution in [3.05, 3.63) is 0 Å². The van der Waals surface area contributed by atoms with Crippen LogP contribution in [0.25, 0.3) is 0 Å². The molecule has 5 nitrogen and oxygen atoms in total. The van der Waals surface area contributed by atoms with Crippen LogP contribution in [0.3, 0.4) is 0 Å². The summed E-state index contributed by atoms with van der Waals surface area (Å²) in [7, 11) is -3.34. The van der Waals surface area contributed by atoms with Gasteiger partial charge in [0.25, 0.3) is 0 Å². The fourth-order valence-electron chi connectivity index (χ4n) is 1.49. The van der Waals surface area contributed by atoms with Crippen LogP contribution in [0.2, 0.25) is 0 Å². The highest BCUT2D eigenvalue weighted by Gasteiger charge is 2.37. The van der Waals surface area contributed by atoms with Crippen LogP contribution in [-0.4, -0.2) is 42.1 Å². The van der Waals surface area contributed by atoms with E-state index in [4.69, 9.17) is 5.11 Å². The molecule has 0 bridgehead atoms. The maximum atomic E-state index is 11.4. The lowest BCUT2D eigenvalue weighted by atomic mass is 10.2. The summed E-state index contributed by atoms with van der Waals surface area (Å²) >= 11 is 0. The summed E-state index contributed by atoms with van der Waals surface area (Å²) in [6.07, 6.45) is 1.06. The van der Waals surface area contributed by atoms with Gasteiger partial charge in [-0.2, -0.15) is 4.31 Å². The fraction of sp³-hybridized carbons (Fsp3) is 0.857. The molecule has 13 heavy (non-hydrogen) atoms. The standard InChI is InChI=1S/C7H13NO4S/c1-2-13(11,12)8-5-3-4-6(8)7(9)10/h6H,2-5H2,1H3,(H,9,10)/t6-/m0/s1. The second kappa shape index (κ2) is 3.63. The molecule has 1 saturated heterocycles. The van der Waals surface area contributed by atoms with Gasteiger partial charge in [-0.3, -0.25) is 4.79 Å². The summed E-state index contributed by atoms with van der Waals surface area (Å²) < 4.78 is 23.9. The number of carboxylic acids is 1. The average molecular weight is 207 g/mol. The third-order valence-corrected chi connectivity index (χ3v) is 4.09. The van der Waals surface area contributed by atoms with Crippen LogP contribution in [0.15, 0.2) is 0 Å². The maximum Gasteiger partial charge on any atom is 0.322 e. The van der Waals surface area contributed by atoms with Crippen molar-refractivity contribution in [3.8, 4) is 0 Å². The number of carboxylic acid groups (broad SMARTS) is 1. The lowest BCUT2D eigenvalue weighted by Crippen LogP contribution is -2.41. The Bertz CT molecular complexity index is 298. The second-order valence-electron chi connectivity index (χ2n) is 3.01. The summed E-state index contributed by atoms with van der Waals surface area (Å²) in [5, 5.41) is 8.74. The Morgan fingerprint density at radius 1 is 1.62 bits per heavy atom. The normalized spacial score (nSPS) is 24.8. The molecule has 6 heteroatoms. The van der Waals surface area contributed by atoms with Crippen molar-refractivity contribution in [2.24, 2.45) is 0 Å². The highest BCUT2D eigenvalue weighted by atomic mass is 32.2. The van der Waals surface area contributed by atoms with E-state index in [-0.39, 0.29) is 5.75 Å². The minimum Gasteiger partial charge on any atom is -0.480 e.